The number of H-pyrrole nitrogens is 2. The van der Waals surface area contributed by atoms with E-state index in [1.807, 2.05) is 52.0 Å². The maximum absolute atomic E-state index is 13.7. The lowest BCUT2D eigenvalue weighted by atomic mass is 10.0. The lowest BCUT2D eigenvalue weighted by Crippen LogP contribution is -2.51. The third-order valence-corrected chi connectivity index (χ3v) is 11.7. The van der Waals surface area contributed by atoms with Crippen molar-refractivity contribution in [2.45, 2.75) is 77.5 Å². The monoisotopic (exact) mass is 809 g/mol. The molecule has 312 valence electrons. The quantitative estimate of drug-likeness (QED) is 0.143. The average molecular weight is 810 g/mol. The van der Waals surface area contributed by atoms with Crippen LogP contribution in [0, 0.1) is 11.8 Å². The van der Waals surface area contributed by atoms with Gasteiger partial charge in [-0.25, -0.2) is 19.6 Å². The van der Waals surface area contributed by atoms with E-state index in [2.05, 4.69) is 31.6 Å². The Balaban J connectivity index is 1.01. The molecule has 17 nitrogen and oxygen atoms in total. The number of hydrogen-bond donors (Lipinski definition) is 4. The van der Waals surface area contributed by atoms with E-state index in [1.54, 1.807) is 22.2 Å². The number of aromatic nitrogens is 4. The van der Waals surface area contributed by atoms with Crippen molar-refractivity contribution >= 4 is 35.4 Å². The van der Waals surface area contributed by atoms with Crippen LogP contribution in [0.3, 0.4) is 0 Å². The van der Waals surface area contributed by atoms with Crippen LogP contribution in [0.4, 0.5) is 21.0 Å². The molecular formula is C42H51N9O8. The van der Waals surface area contributed by atoms with Gasteiger partial charge in [-0.3, -0.25) is 9.59 Å². The summed E-state index contributed by atoms with van der Waals surface area (Å²) in [4.78, 5) is 73.6. The standard InChI is InChI=1S/C42H51N9O8/c1-22(2)34(47-41(54)56-5)39(52)50-13-7-9-28(50)37-43-20-26(45-37)24-11-12-31-30(17-24)49-15-16-58-32-18-25(19-33(59-31)36(32)49)27-21-44-38(46-27)29-10-8-14-51(29)40(53)35(23(3)4)48-42(55)57-6/h11-12,17-23,28-29,34-35H,7-10,13-16H2,1-6H3,(H,43,45)(H,44,46)(H,47,54)(H,48,55)/t28-,29-,34-,35-/m0/s1. The zero-order valence-corrected chi connectivity index (χ0v) is 34.2. The number of carbonyl (C=O) groups is 4. The Hall–Kier alpha value is -6.26. The van der Waals surface area contributed by atoms with Gasteiger partial charge in [0.1, 0.15) is 41.8 Å². The topological polar surface area (TPSA) is 196 Å². The molecule has 8 rings (SSSR count). The zero-order valence-electron chi connectivity index (χ0n) is 34.2. The van der Waals surface area contributed by atoms with Gasteiger partial charge in [-0.15, -0.1) is 0 Å². The number of rotatable bonds is 10. The van der Waals surface area contributed by atoms with E-state index in [-0.39, 0.29) is 35.7 Å². The first-order valence-corrected chi connectivity index (χ1v) is 20.3. The fraction of sp³-hybridized carbons (Fsp3) is 0.476. The number of ether oxygens (including phenoxy) is 4. The molecule has 4 aromatic rings. The second kappa shape index (κ2) is 16.2. The van der Waals surface area contributed by atoms with E-state index in [0.29, 0.717) is 55.1 Å². The number of likely N-dealkylation sites (tertiary alicyclic amines) is 2. The number of nitrogens with one attached hydrogen (secondary N) is 4. The fourth-order valence-electron chi connectivity index (χ4n) is 8.58. The molecule has 59 heavy (non-hydrogen) atoms. The third kappa shape index (κ3) is 7.49. The molecule has 4 N–H and O–H groups in total. The maximum Gasteiger partial charge on any atom is 0.407 e. The maximum atomic E-state index is 13.7. The highest BCUT2D eigenvalue weighted by atomic mass is 16.5. The normalized spacial score (nSPS) is 19.1. The number of amides is 4. The van der Waals surface area contributed by atoms with E-state index >= 15 is 0 Å². The smallest absolute Gasteiger partial charge is 0.407 e. The van der Waals surface area contributed by atoms with Gasteiger partial charge in [-0.05, 0) is 67.9 Å². The molecule has 0 bridgehead atoms. The lowest BCUT2D eigenvalue weighted by Gasteiger charge is -2.37. The first-order chi connectivity index (χ1) is 28.4. The SMILES string of the molecule is COC(=O)N[C@H](C(=O)N1CCC[C@H]1c1ncc(-c2cc3c4c(c2)Oc2ccc(-c5cnc([C@@H]6CCCN6C(=O)[C@@H](NC(=O)OC)C(C)C)[nH]5)cc2N4CCO3)[nH]1)C(C)C. The number of methoxy groups -OCH3 is 2. The minimum absolute atomic E-state index is 0.127. The second-order valence-corrected chi connectivity index (χ2v) is 16.1. The first kappa shape index (κ1) is 39.6. The van der Waals surface area contributed by atoms with Gasteiger partial charge in [0.15, 0.2) is 11.5 Å². The molecule has 2 aromatic carbocycles. The summed E-state index contributed by atoms with van der Waals surface area (Å²) in [7, 11) is 2.57. The highest BCUT2D eigenvalue weighted by Gasteiger charge is 2.40. The Morgan fingerprint density at radius 3 is 1.81 bits per heavy atom. The molecule has 4 aliphatic rings. The summed E-state index contributed by atoms with van der Waals surface area (Å²) in [5.74, 6) is 2.80. The van der Waals surface area contributed by atoms with Crippen LogP contribution in [0.5, 0.6) is 17.2 Å². The number of anilines is 2. The van der Waals surface area contributed by atoms with Crippen molar-refractivity contribution in [1.82, 2.24) is 40.4 Å². The van der Waals surface area contributed by atoms with Crippen LogP contribution in [0.2, 0.25) is 0 Å². The number of benzene rings is 2. The van der Waals surface area contributed by atoms with Crippen molar-refractivity contribution in [3.8, 4) is 39.8 Å². The number of alkyl carbamates (subject to hydrolysis) is 2. The van der Waals surface area contributed by atoms with Crippen molar-refractivity contribution in [2.24, 2.45) is 11.8 Å². The van der Waals surface area contributed by atoms with Crippen molar-refractivity contribution < 1.29 is 38.1 Å². The van der Waals surface area contributed by atoms with Crippen LogP contribution < -0.4 is 25.0 Å². The van der Waals surface area contributed by atoms with Gasteiger partial charge in [-0.2, -0.15) is 0 Å². The van der Waals surface area contributed by atoms with Crippen molar-refractivity contribution in [3.63, 3.8) is 0 Å². The van der Waals surface area contributed by atoms with Crippen molar-refractivity contribution in [3.05, 3.63) is 54.4 Å². The van der Waals surface area contributed by atoms with Crippen LogP contribution in [-0.2, 0) is 19.1 Å². The Bertz CT molecular complexity index is 2250. The number of aromatic amines is 2. The predicted molar refractivity (Wildman–Crippen MR) is 216 cm³/mol. The van der Waals surface area contributed by atoms with Gasteiger partial charge in [0.05, 0.1) is 62.3 Å². The summed E-state index contributed by atoms with van der Waals surface area (Å²) < 4.78 is 22.3. The van der Waals surface area contributed by atoms with Crippen LogP contribution >= 0.6 is 0 Å². The third-order valence-electron chi connectivity index (χ3n) is 11.7. The molecular weight excluding hydrogens is 759 g/mol. The van der Waals surface area contributed by atoms with E-state index in [4.69, 9.17) is 28.9 Å². The zero-order chi connectivity index (χ0) is 41.5. The lowest BCUT2D eigenvalue weighted by molar-refractivity contribution is -0.136. The minimum Gasteiger partial charge on any atom is -0.489 e. The largest absolute Gasteiger partial charge is 0.489 e. The van der Waals surface area contributed by atoms with E-state index in [9.17, 15) is 19.2 Å². The van der Waals surface area contributed by atoms with Crippen molar-refractivity contribution in [1.29, 1.82) is 0 Å². The first-order valence-electron chi connectivity index (χ1n) is 20.3. The molecule has 0 spiro atoms. The minimum atomic E-state index is -0.721. The van der Waals surface area contributed by atoms with Crippen LogP contribution in [-0.4, -0.2) is 106 Å². The number of fused-ring (bicyclic) bond motifs is 2. The van der Waals surface area contributed by atoms with Gasteiger partial charge in [0.25, 0.3) is 0 Å². The Morgan fingerprint density at radius 1 is 0.729 bits per heavy atom. The van der Waals surface area contributed by atoms with E-state index in [0.717, 1.165) is 59.6 Å². The molecule has 2 aromatic heterocycles. The molecule has 0 aliphatic carbocycles. The molecule has 4 aliphatic heterocycles. The summed E-state index contributed by atoms with van der Waals surface area (Å²) >= 11 is 0. The Kier molecular flexibility index (Phi) is 10.8. The molecule has 2 fully saturated rings. The second-order valence-electron chi connectivity index (χ2n) is 16.1. The van der Waals surface area contributed by atoms with Crippen LogP contribution in [0.25, 0.3) is 22.5 Å². The summed E-state index contributed by atoms with van der Waals surface area (Å²) in [5.41, 5.74) is 5.03. The number of imidazole rings is 2. The highest BCUT2D eigenvalue weighted by molar-refractivity contribution is 5.89. The molecule has 4 atom stereocenters. The van der Waals surface area contributed by atoms with E-state index in [1.165, 1.54) is 14.2 Å². The Morgan fingerprint density at radius 2 is 1.27 bits per heavy atom. The molecule has 17 heteroatoms. The van der Waals surface area contributed by atoms with Crippen molar-refractivity contribution in [2.75, 3.05) is 45.4 Å². The number of nitrogens with zero attached hydrogens (tertiary/aromatic N) is 5. The summed E-state index contributed by atoms with van der Waals surface area (Å²) in [6.45, 7) is 9.79. The molecule has 6 heterocycles. The van der Waals surface area contributed by atoms with Crippen LogP contribution in [0.15, 0.2) is 42.7 Å². The molecule has 2 saturated heterocycles. The van der Waals surface area contributed by atoms with Gasteiger partial charge >= 0.3 is 12.2 Å². The Labute approximate surface area is 342 Å². The highest BCUT2D eigenvalue weighted by Crippen LogP contribution is 2.54. The van der Waals surface area contributed by atoms with Gasteiger partial charge in [0.2, 0.25) is 11.8 Å². The summed E-state index contributed by atoms with van der Waals surface area (Å²) in [6.07, 6.45) is 5.41. The fourth-order valence-corrected chi connectivity index (χ4v) is 8.58. The number of carbonyl (C=O) groups excluding carboxylic acids is 4. The van der Waals surface area contributed by atoms with Gasteiger partial charge in [-0.1, -0.05) is 27.7 Å². The van der Waals surface area contributed by atoms with Gasteiger partial charge < -0.3 is 54.2 Å². The number of hydrogen-bond acceptors (Lipinski definition) is 11. The molecule has 0 radical (unpaired) electrons. The van der Waals surface area contributed by atoms with Crippen LogP contribution in [0.1, 0.15) is 77.1 Å². The predicted octanol–water partition coefficient (Wildman–Crippen LogP) is 6.19. The molecule has 0 saturated carbocycles. The summed E-state index contributed by atoms with van der Waals surface area (Å²) in [6, 6.07) is 8.01. The molecule has 4 amide bonds. The van der Waals surface area contributed by atoms with E-state index < -0.39 is 24.3 Å². The summed E-state index contributed by atoms with van der Waals surface area (Å²) in [5, 5.41) is 5.40. The van der Waals surface area contributed by atoms with Gasteiger partial charge in [0, 0.05) is 24.2 Å². The average Bonchev–Trinajstić information content (AvgIpc) is 4.08. The molecule has 0 unspecified atom stereocenters.